The summed E-state index contributed by atoms with van der Waals surface area (Å²) >= 11 is 0. The molecule has 0 bridgehead atoms. The van der Waals surface area contributed by atoms with Gasteiger partial charge < -0.3 is 4.74 Å². The molecule has 0 fully saturated rings. The summed E-state index contributed by atoms with van der Waals surface area (Å²) < 4.78 is 124. The summed E-state index contributed by atoms with van der Waals surface area (Å²) in [6.45, 7) is 0. The molecule has 28 heavy (non-hydrogen) atoms. The van der Waals surface area contributed by atoms with E-state index in [0.29, 0.717) is 6.07 Å². The summed E-state index contributed by atoms with van der Waals surface area (Å²) in [6.07, 6.45) is -3.64. The first-order valence-corrected chi connectivity index (χ1v) is 8.53. The maximum Gasteiger partial charge on any atom is 0.417 e. The van der Waals surface area contributed by atoms with E-state index in [-0.39, 0.29) is 11.8 Å². The van der Waals surface area contributed by atoms with E-state index in [1.165, 1.54) is 6.07 Å². The fourth-order valence-electron chi connectivity index (χ4n) is 2.52. The van der Waals surface area contributed by atoms with Crippen LogP contribution >= 0.6 is 0 Å². The Morgan fingerprint density at radius 2 is 1.79 bits per heavy atom. The van der Waals surface area contributed by atoms with Crippen molar-refractivity contribution in [3.63, 3.8) is 0 Å². The smallest absolute Gasteiger partial charge is 0.417 e. The molecule has 148 valence electrons. The van der Waals surface area contributed by atoms with Crippen molar-refractivity contribution in [3.05, 3.63) is 47.0 Å². The van der Waals surface area contributed by atoms with Crippen molar-refractivity contribution in [2.75, 3.05) is 0 Å². The predicted octanol–water partition coefficient (Wildman–Crippen LogP) is 4.29. The highest BCUT2D eigenvalue weighted by Crippen LogP contribution is 2.58. The van der Waals surface area contributed by atoms with Gasteiger partial charge in [0.2, 0.25) is 0 Å². The minimum Gasteiger partial charge on any atom is -0.455 e. The zero-order chi connectivity index (χ0) is 21.1. The third kappa shape index (κ3) is 2.59. The zero-order valence-corrected chi connectivity index (χ0v) is 13.9. The summed E-state index contributed by atoms with van der Waals surface area (Å²) in [5.41, 5.74) is -4.13. The van der Waals surface area contributed by atoms with Crippen LogP contribution in [0, 0.1) is 17.1 Å². The lowest BCUT2D eigenvalue weighted by Gasteiger charge is -2.16. The Balaban J connectivity index is 2.26. The highest BCUT2D eigenvalue weighted by atomic mass is 32.2. The molecule has 0 saturated heterocycles. The molecule has 0 atom stereocenters. The quantitative estimate of drug-likeness (QED) is 0.684. The molecule has 5 nitrogen and oxygen atoms in total. The van der Waals surface area contributed by atoms with Crippen LogP contribution in [0.1, 0.15) is 23.2 Å². The van der Waals surface area contributed by atoms with Crippen molar-refractivity contribution in [1.29, 1.82) is 5.26 Å². The molecule has 1 aliphatic heterocycles. The van der Waals surface area contributed by atoms with Crippen LogP contribution in [-0.4, -0.2) is 18.7 Å². The van der Waals surface area contributed by atoms with Gasteiger partial charge in [0, 0.05) is 6.07 Å². The average molecular weight is 426 g/mol. The Morgan fingerprint density at radius 1 is 1.14 bits per heavy atom. The molecular formula is C15H5F7N2O3S. The fraction of sp³-hybridized carbons (Fsp3) is 0.200. The normalized spacial score (nSPS) is 18.5. The molecule has 1 aromatic heterocycles. The molecule has 2 heterocycles. The third-order valence-corrected chi connectivity index (χ3v) is 5.63. The highest BCUT2D eigenvalue weighted by molar-refractivity contribution is 7.93. The van der Waals surface area contributed by atoms with E-state index in [1.807, 2.05) is 0 Å². The van der Waals surface area contributed by atoms with E-state index >= 15 is 0 Å². The number of aromatic nitrogens is 1. The van der Waals surface area contributed by atoms with Crippen molar-refractivity contribution in [1.82, 2.24) is 4.98 Å². The van der Waals surface area contributed by atoms with Crippen LogP contribution in [0.3, 0.4) is 0 Å². The summed E-state index contributed by atoms with van der Waals surface area (Å²) in [7, 11) is -6.24. The second kappa shape index (κ2) is 6.06. The highest BCUT2D eigenvalue weighted by Gasteiger charge is 2.75. The lowest BCUT2D eigenvalue weighted by Crippen LogP contribution is -2.38. The molecule has 0 spiro atoms. The first-order chi connectivity index (χ1) is 12.8. The number of pyridine rings is 1. The van der Waals surface area contributed by atoms with Gasteiger partial charge in [0.05, 0.1) is 23.4 Å². The maximum atomic E-state index is 13.8. The topological polar surface area (TPSA) is 80.0 Å². The number of fused-ring (bicyclic) bond motifs is 1. The second-order valence-corrected chi connectivity index (χ2v) is 7.43. The van der Waals surface area contributed by atoms with Gasteiger partial charge in [-0.25, -0.2) is 26.6 Å². The van der Waals surface area contributed by atoms with Gasteiger partial charge in [-0.15, -0.1) is 0 Å². The van der Waals surface area contributed by atoms with Crippen molar-refractivity contribution >= 4 is 9.84 Å². The van der Waals surface area contributed by atoms with Crippen LogP contribution < -0.4 is 4.74 Å². The van der Waals surface area contributed by atoms with Crippen molar-refractivity contribution < 1.29 is 43.9 Å². The maximum absolute atomic E-state index is 13.8. The second-order valence-electron chi connectivity index (χ2n) is 5.50. The summed E-state index contributed by atoms with van der Waals surface area (Å²) in [4.78, 5) is 0.832. The lowest BCUT2D eigenvalue weighted by molar-refractivity contribution is -0.161. The van der Waals surface area contributed by atoms with E-state index in [2.05, 4.69) is 4.98 Å². The number of hydrogen-bond donors (Lipinski definition) is 0. The number of halogens is 7. The fourth-order valence-corrected chi connectivity index (χ4v) is 4.13. The molecule has 0 aliphatic carbocycles. The Hall–Kier alpha value is -2.88. The number of alkyl halides is 6. The van der Waals surface area contributed by atoms with Crippen molar-refractivity contribution in [2.24, 2.45) is 0 Å². The van der Waals surface area contributed by atoms with Gasteiger partial charge in [-0.1, -0.05) is 0 Å². The van der Waals surface area contributed by atoms with Gasteiger partial charge >= 0.3 is 11.2 Å². The SMILES string of the molecule is N#Cc1cc(F)cc(Oc2cnc3c(c2C(F)F)S(=O)(=O)C(F)(F)C3(F)F)c1. The number of sulfone groups is 1. The molecule has 0 radical (unpaired) electrons. The van der Waals surface area contributed by atoms with Gasteiger partial charge in [0.25, 0.3) is 16.3 Å². The van der Waals surface area contributed by atoms with Crippen LogP contribution in [0.5, 0.6) is 11.5 Å². The van der Waals surface area contributed by atoms with Gasteiger partial charge in [-0.05, 0) is 12.1 Å². The van der Waals surface area contributed by atoms with Crippen LogP contribution in [0.15, 0.2) is 29.3 Å². The minimum atomic E-state index is -6.24. The average Bonchev–Trinajstić information content (AvgIpc) is 2.69. The van der Waals surface area contributed by atoms with Crippen molar-refractivity contribution in [2.45, 2.75) is 22.5 Å². The lowest BCUT2D eigenvalue weighted by atomic mass is 10.1. The molecule has 0 amide bonds. The number of nitrogens with zero attached hydrogens (tertiary/aromatic N) is 2. The standard InChI is InChI=1S/C15H5F7N2O3S/c16-7-1-6(4-23)2-8(3-7)27-9-5-24-12-11(10(9)13(17)18)28(25,26)15(21,22)14(12,19)20/h1-3,5,13H. The van der Waals surface area contributed by atoms with E-state index < -0.39 is 60.9 Å². The first-order valence-electron chi connectivity index (χ1n) is 7.05. The summed E-state index contributed by atoms with van der Waals surface area (Å²) in [5.74, 6) is -8.14. The molecule has 0 saturated carbocycles. The number of nitriles is 1. The largest absolute Gasteiger partial charge is 0.455 e. The Bertz CT molecular complexity index is 1130. The summed E-state index contributed by atoms with van der Waals surface area (Å²) in [6, 6.07) is 3.76. The monoisotopic (exact) mass is 426 g/mol. The molecule has 1 aliphatic rings. The number of benzene rings is 1. The van der Waals surface area contributed by atoms with E-state index in [4.69, 9.17) is 10.00 Å². The van der Waals surface area contributed by atoms with Gasteiger partial charge in [-0.2, -0.15) is 22.8 Å². The zero-order valence-electron chi connectivity index (χ0n) is 13.1. The van der Waals surface area contributed by atoms with Crippen LogP contribution in [0.25, 0.3) is 0 Å². The Labute approximate surface area is 151 Å². The molecule has 0 unspecified atom stereocenters. The number of ether oxygens (including phenoxy) is 1. The molecule has 0 N–H and O–H groups in total. The van der Waals surface area contributed by atoms with Gasteiger partial charge in [-0.3, -0.25) is 0 Å². The predicted molar refractivity (Wildman–Crippen MR) is 76.4 cm³/mol. The van der Waals surface area contributed by atoms with Crippen LogP contribution in [0.2, 0.25) is 0 Å². The third-order valence-electron chi connectivity index (χ3n) is 3.75. The van der Waals surface area contributed by atoms with E-state index in [1.54, 1.807) is 0 Å². The number of rotatable bonds is 3. The number of hydrogen-bond acceptors (Lipinski definition) is 5. The molecule has 3 rings (SSSR count). The van der Waals surface area contributed by atoms with E-state index in [9.17, 15) is 39.2 Å². The molecule has 2 aromatic rings. The molecule has 13 heteroatoms. The molecular weight excluding hydrogens is 421 g/mol. The minimum absolute atomic E-state index is 0.197. The first kappa shape index (κ1) is 19.9. The van der Waals surface area contributed by atoms with Crippen LogP contribution in [-0.2, 0) is 15.8 Å². The van der Waals surface area contributed by atoms with Gasteiger partial charge in [0.15, 0.2) is 5.75 Å². The Morgan fingerprint density at radius 3 is 2.36 bits per heavy atom. The van der Waals surface area contributed by atoms with Crippen LogP contribution in [0.4, 0.5) is 30.7 Å². The van der Waals surface area contributed by atoms with Gasteiger partial charge in [0.1, 0.15) is 22.2 Å². The molecule has 1 aromatic carbocycles. The Kier molecular flexibility index (Phi) is 4.30. The van der Waals surface area contributed by atoms with E-state index in [0.717, 1.165) is 12.1 Å². The van der Waals surface area contributed by atoms with Crippen molar-refractivity contribution in [3.8, 4) is 17.6 Å². The summed E-state index contributed by atoms with van der Waals surface area (Å²) in [5, 5.41) is 3.05.